The van der Waals surface area contributed by atoms with Crippen LogP contribution in [0.2, 0.25) is 0 Å². The highest BCUT2D eigenvalue weighted by Crippen LogP contribution is 2.45. The van der Waals surface area contributed by atoms with Crippen LogP contribution in [0.3, 0.4) is 0 Å². The summed E-state index contributed by atoms with van der Waals surface area (Å²) in [6.45, 7) is 18.2. The lowest BCUT2D eigenvalue weighted by molar-refractivity contribution is -0.142. The van der Waals surface area contributed by atoms with Gasteiger partial charge in [0.15, 0.2) is 0 Å². The van der Waals surface area contributed by atoms with Crippen molar-refractivity contribution >= 4 is 11.9 Å². The molecule has 1 unspecified atom stereocenters. The van der Waals surface area contributed by atoms with Crippen LogP contribution in [0.1, 0.15) is 95.4 Å². The Hall–Kier alpha value is -2.12. The van der Waals surface area contributed by atoms with Crippen molar-refractivity contribution in [2.75, 3.05) is 33.5 Å². The zero-order valence-corrected chi connectivity index (χ0v) is 24.7. The third kappa shape index (κ3) is 11.4. The van der Waals surface area contributed by atoms with Gasteiger partial charge < -0.3 is 23.7 Å². The van der Waals surface area contributed by atoms with Gasteiger partial charge in [-0.2, -0.15) is 0 Å². The Morgan fingerprint density at radius 3 is 2.30 bits per heavy atom. The van der Waals surface area contributed by atoms with Crippen molar-refractivity contribution in [2.45, 2.75) is 106 Å². The lowest BCUT2D eigenvalue weighted by Crippen LogP contribution is -2.37. The number of hydrogen-bond acceptors (Lipinski definition) is 7. The number of methoxy groups -OCH3 is 1. The van der Waals surface area contributed by atoms with Gasteiger partial charge in [0.2, 0.25) is 0 Å². The van der Waals surface area contributed by atoms with Crippen LogP contribution in [-0.2, 0) is 30.2 Å². The molecule has 0 bridgehead atoms. The minimum absolute atomic E-state index is 0.0913. The van der Waals surface area contributed by atoms with Crippen molar-refractivity contribution in [1.82, 2.24) is 0 Å². The number of ether oxygens (including phenoxy) is 5. The van der Waals surface area contributed by atoms with E-state index in [9.17, 15) is 9.59 Å². The van der Waals surface area contributed by atoms with Crippen LogP contribution < -0.4 is 9.47 Å². The number of fused-ring (bicyclic) bond motifs is 1. The normalized spacial score (nSPS) is 16.4. The molecule has 0 spiro atoms. The molecule has 0 aliphatic carbocycles. The Morgan fingerprint density at radius 1 is 1.03 bits per heavy atom. The van der Waals surface area contributed by atoms with E-state index in [1.54, 1.807) is 7.11 Å². The van der Waals surface area contributed by atoms with Crippen LogP contribution in [0.4, 0.5) is 0 Å². The minimum Gasteiger partial charge on any atom is -0.487 e. The molecule has 37 heavy (non-hydrogen) atoms. The standard InChI is InChI=1S/C23H36O3.C7H14O4/c1-8-10-20(24)25-21-16(4)17(5)22-19(18(21)6)12-14-23(7,26-22)13-9-11-15(2)3;1-7(8)11-6-5-10-4-3-9-2/h15H,8-14H2,1-7H3;3-6H2,1-2H3. The summed E-state index contributed by atoms with van der Waals surface area (Å²) in [5, 5.41) is 0. The van der Waals surface area contributed by atoms with E-state index in [0.29, 0.717) is 32.8 Å². The Labute approximate surface area is 224 Å². The number of rotatable bonds is 13. The fourth-order valence-electron chi connectivity index (χ4n) is 4.35. The molecule has 1 aliphatic rings. The van der Waals surface area contributed by atoms with E-state index in [1.807, 2.05) is 13.8 Å². The molecular formula is C30H50O7. The fraction of sp³-hybridized carbons (Fsp3) is 0.733. The SMILES string of the molecule is CCCC(=O)Oc1c(C)c(C)c2c(c1C)CCC(C)(CCCC(C)C)O2.COCCOCCOC(C)=O. The van der Waals surface area contributed by atoms with Crippen LogP contribution in [0.25, 0.3) is 0 Å². The van der Waals surface area contributed by atoms with E-state index in [4.69, 9.17) is 18.9 Å². The maximum absolute atomic E-state index is 12.0. The van der Waals surface area contributed by atoms with E-state index in [0.717, 1.165) is 59.8 Å². The first-order valence-corrected chi connectivity index (χ1v) is 13.7. The molecule has 0 amide bonds. The molecule has 7 heteroatoms. The first kappa shape index (κ1) is 32.9. The molecular weight excluding hydrogens is 472 g/mol. The molecule has 7 nitrogen and oxygen atoms in total. The number of hydrogen-bond donors (Lipinski definition) is 0. The van der Waals surface area contributed by atoms with E-state index in [1.165, 1.54) is 25.3 Å². The quantitative estimate of drug-likeness (QED) is 0.167. The fourth-order valence-corrected chi connectivity index (χ4v) is 4.35. The summed E-state index contributed by atoms with van der Waals surface area (Å²) in [6, 6.07) is 0. The average Bonchev–Trinajstić information content (AvgIpc) is 2.82. The lowest BCUT2D eigenvalue weighted by Gasteiger charge is -2.38. The first-order chi connectivity index (χ1) is 17.5. The van der Waals surface area contributed by atoms with Gasteiger partial charge in [-0.3, -0.25) is 9.59 Å². The Kier molecular flexibility index (Phi) is 14.8. The summed E-state index contributed by atoms with van der Waals surface area (Å²) in [6.07, 6.45) is 6.80. The third-order valence-electron chi connectivity index (χ3n) is 6.69. The summed E-state index contributed by atoms with van der Waals surface area (Å²) in [5.41, 5.74) is 4.33. The summed E-state index contributed by atoms with van der Waals surface area (Å²) >= 11 is 0. The lowest BCUT2D eigenvalue weighted by atomic mass is 9.84. The van der Waals surface area contributed by atoms with E-state index < -0.39 is 0 Å². The molecule has 1 aromatic carbocycles. The second kappa shape index (κ2) is 16.7. The number of carbonyl (C=O) groups excluding carboxylic acids is 2. The molecule has 2 rings (SSSR count). The smallest absolute Gasteiger partial charge is 0.311 e. The van der Waals surface area contributed by atoms with E-state index >= 15 is 0 Å². The maximum atomic E-state index is 12.0. The van der Waals surface area contributed by atoms with Crippen LogP contribution >= 0.6 is 0 Å². The highest BCUT2D eigenvalue weighted by atomic mass is 16.6. The van der Waals surface area contributed by atoms with Crippen LogP contribution in [0.5, 0.6) is 11.5 Å². The topological polar surface area (TPSA) is 80.3 Å². The van der Waals surface area contributed by atoms with Gasteiger partial charge in [0.1, 0.15) is 23.7 Å². The highest BCUT2D eigenvalue weighted by molar-refractivity contribution is 5.74. The molecule has 1 atom stereocenters. The summed E-state index contributed by atoms with van der Waals surface area (Å²) in [5.74, 6) is 2.08. The second-order valence-corrected chi connectivity index (χ2v) is 10.5. The average molecular weight is 523 g/mol. The summed E-state index contributed by atoms with van der Waals surface area (Å²) in [4.78, 5) is 22.2. The van der Waals surface area contributed by atoms with Crippen molar-refractivity contribution in [1.29, 1.82) is 0 Å². The minimum atomic E-state index is -0.277. The molecule has 0 saturated heterocycles. The van der Waals surface area contributed by atoms with Gasteiger partial charge in [0.05, 0.1) is 19.8 Å². The maximum Gasteiger partial charge on any atom is 0.311 e. The zero-order chi connectivity index (χ0) is 28.0. The van der Waals surface area contributed by atoms with Crippen LogP contribution in [-0.4, -0.2) is 51.1 Å². The molecule has 1 heterocycles. The summed E-state index contributed by atoms with van der Waals surface area (Å²) in [7, 11) is 1.61. The molecule has 212 valence electrons. The van der Waals surface area contributed by atoms with Crippen molar-refractivity contribution in [3.05, 3.63) is 22.3 Å². The largest absolute Gasteiger partial charge is 0.487 e. The number of benzene rings is 1. The molecule has 1 aromatic rings. The van der Waals surface area contributed by atoms with Gasteiger partial charge in [-0.25, -0.2) is 0 Å². The number of esters is 2. The van der Waals surface area contributed by atoms with Crippen molar-refractivity contribution in [3.8, 4) is 11.5 Å². The molecule has 0 saturated carbocycles. The third-order valence-corrected chi connectivity index (χ3v) is 6.69. The van der Waals surface area contributed by atoms with Crippen molar-refractivity contribution < 1.29 is 33.3 Å². The Bertz CT molecular complexity index is 862. The predicted molar refractivity (Wildman–Crippen MR) is 147 cm³/mol. The van der Waals surface area contributed by atoms with Crippen molar-refractivity contribution in [2.24, 2.45) is 5.92 Å². The van der Waals surface area contributed by atoms with Crippen LogP contribution in [0.15, 0.2) is 0 Å². The Balaban J connectivity index is 0.000000525. The zero-order valence-electron chi connectivity index (χ0n) is 24.7. The molecule has 0 aromatic heterocycles. The predicted octanol–water partition coefficient (Wildman–Crippen LogP) is 6.44. The molecule has 0 N–H and O–H groups in total. The second-order valence-electron chi connectivity index (χ2n) is 10.5. The van der Waals surface area contributed by atoms with Crippen LogP contribution in [0, 0.1) is 26.7 Å². The first-order valence-electron chi connectivity index (χ1n) is 13.7. The van der Waals surface area contributed by atoms with E-state index in [-0.39, 0.29) is 17.5 Å². The van der Waals surface area contributed by atoms with E-state index in [2.05, 4.69) is 39.4 Å². The number of carbonyl (C=O) groups is 2. The van der Waals surface area contributed by atoms with Gasteiger partial charge in [-0.1, -0.05) is 27.2 Å². The molecule has 1 aliphatic heterocycles. The van der Waals surface area contributed by atoms with Gasteiger partial charge in [0.25, 0.3) is 0 Å². The van der Waals surface area contributed by atoms with Gasteiger partial charge in [0, 0.05) is 26.0 Å². The van der Waals surface area contributed by atoms with Gasteiger partial charge in [-0.15, -0.1) is 0 Å². The highest BCUT2D eigenvalue weighted by Gasteiger charge is 2.34. The van der Waals surface area contributed by atoms with Gasteiger partial charge >= 0.3 is 11.9 Å². The molecule has 0 radical (unpaired) electrons. The monoisotopic (exact) mass is 522 g/mol. The molecule has 0 fully saturated rings. The summed E-state index contributed by atoms with van der Waals surface area (Å²) < 4.78 is 26.6. The van der Waals surface area contributed by atoms with Crippen molar-refractivity contribution in [3.63, 3.8) is 0 Å². The van der Waals surface area contributed by atoms with Gasteiger partial charge in [-0.05, 0) is 82.4 Å². The Morgan fingerprint density at radius 2 is 1.70 bits per heavy atom.